The summed E-state index contributed by atoms with van der Waals surface area (Å²) in [4.78, 5) is 24.8. The van der Waals surface area contributed by atoms with Crippen LogP contribution in [0.5, 0.6) is 0 Å². The molecule has 0 aliphatic carbocycles. The molecule has 5 heteroatoms. The quantitative estimate of drug-likeness (QED) is 0.327. The van der Waals surface area contributed by atoms with Crippen molar-refractivity contribution in [3.05, 3.63) is 65.4 Å². The van der Waals surface area contributed by atoms with Crippen molar-refractivity contribution in [2.75, 3.05) is 18.0 Å². The van der Waals surface area contributed by atoms with Gasteiger partial charge in [-0.1, -0.05) is 72.5 Å². The van der Waals surface area contributed by atoms with Gasteiger partial charge in [0, 0.05) is 36.7 Å². The van der Waals surface area contributed by atoms with Crippen molar-refractivity contribution in [1.29, 1.82) is 0 Å². The van der Waals surface area contributed by atoms with Crippen LogP contribution in [-0.2, 0) is 11.2 Å². The van der Waals surface area contributed by atoms with Crippen molar-refractivity contribution in [2.24, 2.45) is 0 Å². The zero-order chi connectivity index (χ0) is 25.5. The molecule has 3 aromatic rings. The first-order chi connectivity index (χ1) is 17.4. The minimum absolute atomic E-state index is 0.165. The number of nitrogens with zero attached hydrogens (tertiary/aromatic N) is 3. The highest BCUT2D eigenvalue weighted by molar-refractivity contribution is 5.80. The van der Waals surface area contributed by atoms with E-state index in [0.717, 1.165) is 85.6 Å². The van der Waals surface area contributed by atoms with Gasteiger partial charge in [0.1, 0.15) is 0 Å². The predicted octanol–water partition coefficient (Wildman–Crippen LogP) is 6.66. The number of aryl methyl sites for hydroxylation is 3. The lowest BCUT2D eigenvalue weighted by Gasteiger charge is -2.30. The van der Waals surface area contributed by atoms with Crippen LogP contribution in [-0.4, -0.2) is 35.0 Å². The Morgan fingerprint density at radius 2 is 1.44 bits per heavy atom. The number of fused-ring (bicyclic) bond motifs is 1. The van der Waals surface area contributed by atoms with E-state index in [1.165, 1.54) is 11.1 Å². The zero-order valence-corrected chi connectivity index (χ0v) is 22.3. The summed E-state index contributed by atoms with van der Waals surface area (Å²) < 4.78 is 0. The first-order valence-corrected chi connectivity index (χ1v) is 13.5. The van der Waals surface area contributed by atoms with Crippen LogP contribution >= 0.6 is 0 Å². The van der Waals surface area contributed by atoms with E-state index >= 15 is 0 Å². The summed E-state index contributed by atoms with van der Waals surface area (Å²) in [5.41, 5.74) is 7.75. The largest absolute Gasteiger partial charge is 0.355 e. The Hall–Kier alpha value is -3.21. The highest BCUT2D eigenvalue weighted by atomic mass is 16.1. The minimum atomic E-state index is 0.165. The molecule has 5 nitrogen and oxygen atoms in total. The maximum atomic E-state index is 11.9. The van der Waals surface area contributed by atoms with Crippen molar-refractivity contribution >= 4 is 11.7 Å². The second-order valence-electron chi connectivity index (χ2n) is 10.4. The van der Waals surface area contributed by atoms with E-state index in [0.29, 0.717) is 6.42 Å². The number of hydrogen-bond acceptors (Lipinski definition) is 4. The lowest BCUT2D eigenvalue weighted by Crippen LogP contribution is -2.32. The summed E-state index contributed by atoms with van der Waals surface area (Å²) in [6, 6.07) is 17.4. The number of unbranched alkanes of at least 4 members (excludes halogenated alkanes) is 3. The van der Waals surface area contributed by atoms with Crippen molar-refractivity contribution in [1.82, 2.24) is 15.3 Å². The molecule has 0 saturated carbocycles. The van der Waals surface area contributed by atoms with E-state index in [2.05, 4.69) is 72.6 Å². The molecule has 1 aromatic heterocycles. The Morgan fingerprint density at radius 3 is 2.06 bits per heavy atom. The van der Waals surface area contributed by atoms with Crippen LogP contribution in [0, 0.1) is 13.8 Å². The Labute approximate surface area is 216 Å². The SMILES string of the molecule is Cc1ccc(-c2nc3c(nc2-c2ccc(C)cc2)N(CCCCCCC(=O)NC(C)C)CCC3)cc1. The molecule has 1 N–H and O–H groups in total. The lowest BCUT2D eigenvalue weighted by atomic mass is 10.0. The number of rotatable bonds is 10. The Kier molecular flexibility index (Phi) is 8.74. The van der Waals surface area contributed by atoms with Gasteiger partial charge in [0.2, 0.25) is 5.91 Å². The average Bonchev–Trinajstić information content (AvgIpc) is 2.86. The zero-order valence-electron chi connectivity index (χ0n) is 22.3. The van der Waals surface area contributed by atoms with Crippen LogP contribution in [0.1, 0.15) is 69.2 Å². The fraction of sp³-hybridized carbons (Fsp3) is 0.452. The molecule has 4 rings (SSSR count). The van der Waals surface area contributed by atoms with E-state index in [-0.39, 0.29) is 11.9 Å². The molecule has 0 saturated heterocycles. The van der Waals surface area contributed by atoms with Gasteiger partial charge >= 0.3 is 0 Å². The summed E-state index contributed by atoms with van der Waals surface area (Å²) in [7, 11) is 0. The molecule has 0 spiro atoms. The number of benzene rings is 2. The van der Waals surface area contributed by atoms with Crippen LogP contribution in [0.15, 0.2) is 48.5 Å². The standard InChI is InChI=1S/C31H40N4O/c1-22(2)32-28(36)11-7-5-6-8-20-35-21-9-10-27-31(35)34-30(26-18-14-24(4)15-19-26)29(33-27)25-16-12-23(3)13-17-25/h12-19,22H,5-11,20-21H2,1-4H3,(H,32,36). The summed E-state index contributed by atoms with van der Waals surface area (Å²) in [5.74, 6) is 1.21. The normalized spacial score (nSPS) is 13.1. The van der Waals surface area contributed by atoms with Crippen molar-refractivity contribution in [3.8, 4) is 22.5 Å². The van der Waals surface area contributed by atoms with E-state index in [1.54, 1.807) is 0 Å². The van der Waals surface area contributed by atoms with E-state index in [1.807, 2.05) is 13.8 Å². The number of carbonyl (C=O) groups excluding carboxylic acids is 1. The third-order valence-electron chi connectivity index (χ3n) is 6.77. The van der Waals surface area contributed by atoms with Crippen LogP contribution < -0.4 is 10.2 Å². The summed E-state index contributed by atoms with van der Waals surface area (Å²) in [6.07, 6.45) is 6.96. The van der Waals surface area contributed by atoms with Gasteiger partial charge in [-0.3, -0.25) is 4.79 Å². The highest BCUT2D eigenvalue weighted by Gasteiger charge is 2.23. The monoisotopic (exact) mass is 484 g/mol. The molecule has 2 heterocycles. The predicted molar refractivity (Wildman–Crippen MR) is 149 cm³/mol. The molecule has 0 unspecified atom stereocenters. The molecule has 1 aliphatic heterocycles. The van der Waals surface area contributed by atoms with Gasteiger partial charge in [-0.05, 0) is 53.4 Å². The second kappa shape index (κ2) is 12.2. The van der Waals surface area contributed by atoms with E-state index < -0.39 is 0 Å². The number of hydrogen-bond donors (Lipinski definition) is 1. The first-order valence-electron chi connectivity index (χ1n) is 13.5. The van der Waals surface area contributed by atoms with Gasteiger partial charge in [-0.15, -0.1) is 0 Å². The van der Waals surface area contributed by atoms with E-state index in [9.17, 15) is 4.79 Å². The molecular weight excluding hydrogens is 444 g/mol. The third kappa shape index (κ3) is 6.71. The molecule has 2 aromatic carbocycles. The molecule has 1 aliphatic rings. The number of nitrogens with one attached hydrogen (secondary N) is 1. The smallest absolute Gasteiger partial charge is 0.220 e. The average molecular weight is 485 g/mol. The number of aromatic nitrogens is 2. The van der Waals surface area contributed by atoms with Crippen LogP contribution in [0.3, 0.4) is 0 Å². The van der Waals surface area contributed by atoms with Crippen LogP contribution in [0.25, 0.3) is 22.5 Å². The van der Waals surface area contributed by atoms with Gasteiger partial charge in [0.25, 0.3) is 0 Å². The molecular formula is C31H40N4O. The number of amides is 1. The topological polar surface area (TPSA) is 58.1 Å². The van der Waals surface area contributed by atoms with E-state index in [4.69, 9.17) is 9.97 Å². The van der Waals surface area contributed by atoms with Gasteiger partial charge in [0.15, 0.2) is 5.82 Å². The fourth-order valence-corrected chi connectivity index (χ4v) is 4.80. The van der Waals surface area contributed by atoms with Crippen LogP contribution in [0.2, 0.25) is 0 Å². The van der Waals surface area contributed by atoms with Gasteiger partial charge in [0.05, 0.1) is 17.1 Å². The van der Waals surface area contributed by atoms with Gasteiger partial charge in [-0.25, -0.2) is 9.97 Å². The van der Waals surface area contributed by atoms with Crippen molar-refractivity contribution < 1.29 is 4.79 Å². The summed E-state index contributed by atoms with van der Waals surface area (Å²) in [6.45, 7) is 10.2. The molecule has 190 valence electrons. The Bertz CT molecular complexity index is 1150. The lowest BCUT2D eigenvalue weighted by molar-refractivity contribution is -0.121. The molecule has 36 heavy (non-hydrogen) atoms. The molecule has 0 bridgehead atoms. The Balaban J connectivity index is 1.50. The first kappa shape index (κ1) is 25.9. The third-order valence-corrected chi connectivity index (χ3v) is 6.77. The van der Waals surface area contributed by atoms with Crippen molar-refractivity contribution in [3.63, 3.8) is 0 Å². The molecule has 0 fully saturated rings. The number of carbonyl (C=O) groups is 1. The van der Waals surface area contributed by atoms with Gasteiger partial charge in [-0.2, -0.15) is 0 Å². The Morgan fingerprint density at radius 1 is 0.861 bits per heavy atom. The van der Waals surface area contributed by atoms with Crippen molar-refractivity contribution in [2.45, 2.75) is 78.7 Å². The maximum Gasteiger partial charge on any atom is 0.220 e. The summed E-state index contributed by atoms with van der Waals surface area (Å²) >= 11 is 0. The van der Waals surface area contributed by atoms with Crippen LogP contribution in [0.4, 0.5) is 5.82 Å². The fourth-order valence-electron chi connectivity index (χ4n) is 4.80. The molecule has 0 atom stereocenters. The molecule has 1 amide bonds. The second-order valence-corrected chi connectivity index (χ2v) is 10.4. The van der Waals surface area contributed by atoms with Gasteiger partial charge < -0.3 is 10.2 Å². The molecule has 0 radical (unpaired) electrons. The minimum Gasteiger partial charge on any atom is -0.355 e. The highest BCUT2D eigenvalue weighted by Crippen LogP contribution is 2.35. The summed E-state index contributed by atoms with van der Waals surface area (Å²) in [5, 5.41) is 2.97. The maximum absolute atomic E-state index is 11.9. The number of anilines is 1.